The van der Waals surface area contributed by atoms with Gasteiger partial charge in [0.05, 0.1) is 11.1 Å². The molecule has 0 spiro atoms. The molecule has 0 saturated heterocycles. The minimum atomic E-state index is -0.358. The van der Waals surface area contributed by atoms with Crippen LogP contribution in [0.25, 0.3) is 0 Å². The number of hydrogen-bond acceptors (Lipinski definition) is 4. The molecule has 0 aromatic heterocycles. The molecule has 0 atom stereocenters. The molecule has 6 nitrogen and oxygen atoms in total. The van der Waals surface area contributed by atoms with E-state index in [1.165, 1.54) is 0 Å². The number of nitrogen functional groups attached to an aromatic ring is 1. The van der Waals surface area contributed by atoms with Gasteiger partial charge in [-0.3, -0.25) is 19.3 Å². The second kappa shape index (κ2) is 6.16. The normalized spacial score (nSPS) is 13.1. The topological polar surface area (TPSA) is 92.5 Å². The minimum Gasteiger partial charge on any atom is -0.398 e. The smallest absolute Gasteiger partial charge is 0.261 e. The van der Waals surface area contributed by atoms with E-state index >= 15 is 0 Å². The van der Waals surface area contributed by atoms with Gasteiger partial charge in [0.1, 0.15) is 0 Å². The molecule has 2 aromatic rings. The Morgan fingerprint density at radius 3 is 2.29 bits per heavy atom. The summed E-state index contributed by atoms with van der Waals surface area (Å²) in [6.07, 6.45) is 0.0270. The van der Waals surface area contributed by atoms with Crippen molar-refractivity contribution < 1.29 is 14.4 Å². The monoisotopic (exact) mass is 323 g/mol. The van der Waals surface area contributed by atoms with E-state index in [9.17, 15) is 14.4 Å². The summed E-state index contributed by atoms with van der Waals surface area (Å²) in [6, 6.07) is 11.9. The lowest BCUT2D eigenvalue weighted by Gasteiger charge is -2.13. The van der Waals surface area contributed by atoms with E-state index < -0.39 is 0 Å². The Hall–Kier alpha value is -3.15. The third kappa shape index (κ3) is 2.86. The lowest BCUT2D eigenvalue weighted by atomic mass is 10.1. The van der Waals surface area contributed by atoms with Crippen LogP contribution in [0.3, 0.4) is 0 Å². The van der Waals surface area contributed by atoms with E-state index in [4.69, 9.17) is 5.73 Å². The lowest BCUT2D eigenvalue weighted by molar-refractivity contribution is -0.116. The number of anilines is 2. The van der Waals surface area contributed by atoms with Crippen LogP contribution in [-0.4, -0.2) is 29.2 Å². The highest BCUT2D eigenvalue weighted by Crippen LogP contribution is 2.22. The number of carbonyl (C=O) groups is 3. The largest absolute Gasteiger partial charge is 0.398 e. The van der Waals surface area contributed by atoms with Gasteiger partial charge in [0.15, 0.2) is 0 Å². The number of fused-ring (bicyclic) bond motifs is 1. The molecule has 3 N–H and O–H groups in total. The molecule has 24 heavy (non-hydrogen) atoms. The van der Waals surface area contributed by atoms with Crippen LogP contribution < -0.4 is 11.1 Å². The molecule has 0 saturated carbocycles. The Labute approximate surface area is 139 Å². The first-order valence-corrected chi connectivity index (χ1v) is 7.58. The number of carbonyl (C=O) groups excluding carboxylic acids is 3. The zero-order chi connectivity index (χ0) is 17.3. The van der Waals surface area contributed by atoms with Crippen LogP contribution >= 0.6 is 0 Å². The first-order valence-electron chi connectivity index (χ1n) is 7.58. The van der Waals surface area contributed by atoms with Gasteiger partial charge < -0.3 is 11.1 Å². The summed E-state index contributed by atoms with van der Waals surface area (Å²) >= 11 is 0. The van der Waals surface area contributed by atoms with E-state index in [0.717, 1.165) is 10.5 Å². The number of nitrogens with one attached hydrogen (secondary N) is 1. The standard InChI is InChI=1S/C18H17N3O3/c1-11-6-7-12(10-15(11)19)20-16(22)8-9-21-17(23)13-4-2-3-5-14(13)18(21)24/h2-7,10H,8-9,19H2,1H3,(H,20,22). The van der Waals surface area contributed by atoms with E-state index in [2.05, 4.69) is 5.32 Å². The van der Waals surface area contributed by atoms with Gasteiger partial charge in [-0.15, -0.1) is 0 Å². The number of nitrogens with zero attached hydrogens (tertiary/aromatic N) is 1. The van der Waals surface area contributed by atoms with Crippen LogP contribution in [0.5, 0.6) is 0 Å². The average Bonchev–Trinajstić information content (AvgIpc) is 2.81. The second-order valence-corrected chi connectivity index (χ2v) is 5.68. The fourth-order valence-electron chi connectivity index (χ4n) is 2.60. The van der Waals surface area contributed by atoms with E-state index in [1.54, 1.807) is 36.4 Å². The van der Waals surface area contributed by atoms with Crippen LogP contribution in [0.15, 0.2) is 42.5 Å². The average molecular weight is 323 g/mol. The van der Waals surface area contributed by atoms with Gasteiger partial charge in [0.2, 0.25) is 5.91 Å². The molecule has 6 heteroatoms. The number of aryl methyl sites for hydroxylation is 1. The summed E-state index contributed by atoms with van der Waals surface area (Å²) in [5.74, 6) is -0.999. The maximum absolute atomic E-state index is 12.2. The molecule has 1 heterocycles. The molecule has 3 rings (SSSR count). The zero-order valence-corrected chi connectivity index (χ0v) is 13.2. The molecule has 0 unspecified atom stereocenters. The Bertz CT molecular complexity index is 810. The first-order chi connectivity index (χ1) is 11.5. The van der Waals surface area contributed by atoms with Gasteiger partial charge in [-0.2, -0.15) is 0 Å². The first kappa shape index (κ1) is 15.7. The van der Waals surface area contributed by atoms with Crippen molar-refractivity contribution in [2.24, 2.45) is 0 Å². The maximum atomic E-state index is 12.2. The molecule has 2 aromatic carbocycles. The van der Waals surface area contributed by atoms with Crippen LogP contribution in [0.4, 0.5) is 11.4 Å². The molecule has 1 aliphatic heterocycles. The summed E-state index contributed by atoms with van der Waals surface area (Å²) < 4.78 is 0. The highest BCUT2D eigenvalue weighted by atomic mass is 16.2. The Morgan fingerprint density at radius 2 is 1.71 bits per heavy atom. The predicted molar refractivity (Wildman–Crippen MR) is 90.6 cm³/mol. The molecule has 0 aliphatic carbocycles. The minimum absolute atomic E-state index is 0.0270. The van der Waals surface area contributed by atoms with Gasteiger partial charge in [0.25, 0.3) is 11.8 Å². The van der Waals surface area contributed by atoms with Crippen molar-refractivity contribution >= 4 is 29.1 Å². The van der Waals surface area contributed by atoms with E-state index in [0.29, 0.717) is 22.5 Å². The third-order valence-corrected chi connectivity index (χ3v) is 4.00. The van der Waals surface area contributed by atoms with E-state index in [1.807, 2.05) is 13.0 Å². The predicted octanol–water partition coefficient (Wildman–Crippen LogP) is 2.20. The highest BCUT2D eigenvalue weighted by molar-refractivity contribution is 6.21. The van der Waals surface area contributed by atoms with Gasteiger partial charge in [-0.05, 0) is 36.8 Å². The van der Waals surface area contributed by atoms with E-state index in [-0.39, 0.29) is 30.7 Å². The van der Waals surface area contributed by atoms with Crippen molar-refractivity contribution in [2.75, 3.05) is 17.6 Å². The Morgan fingerprint density at radius 1 is 1.08 bits per heavy atom. The molecule has 0 fully saturated rings. The quantitative estimate of drug-likeness (QED) is 0.666. The fraction of sp³-hybridized carbons (Fsp3) is 0.167. The van der Waals surface area contributed by atoms with Crippen molar-refractivity contribution in [3.63, 3.8) is 0 Å². The number of nitrogens with two attached hydrogens (primary N) is 1. The second-order valence-electron chi connectivity index (χ2n) is 5.68. The summed E-state index contributed by atoms with van der Waals surface area (Å²) in [4.78, 5) is 37.6. The number of rotatable bonds is 4. The zero-order valence-electron chi connectivity index (χ0n) is 13.2. The van der Waals surface area contributed by atoms with Gasteiger partial charge >= 0.3 is 0 Å². The van der Waals surface area contributed by atoms with Crippen LogP contribution in [0.1, 0.15) is 32.7 Å². The molecule has 3 amide bonds. The van der Waals surface area contributed by atoms with Crippen LogP contribution in [-0.2, 0) is 4.79 Å². The molecular weight excluding hydrogens is 306 g/mol. The molecule has 1 aliphatic rings. The summed E-state index contributed by atoms with van der Waals surface area (Å²) in [5.41, 5.74) is 8.68. The number of hydrogen-bond donors (Lipinski definition) is 2. The molecule has 0 bridgehead atoms. The number of benzene rings is 2. The van der Waals surface area contributed by atoms with Crippen molar-refractivity contribution in [3.8, 4) is 0 Å². The number of amides is 3. The third-order valence-electron chi connectivity index (χ3n) is 4.00. The van der Waals surface area contributed by atoms with Gasteiger partial charge in [-0.25, -0.2) is 0 Å². The SMILES string of the molecule is Cc1ccc(NC(=O)CCN2C(=O)c3ccccc3C2=O)cc1N. The molecule has 122 valence electrons. The van der Waals surface area contributed by atoms with Gasteiger partial charge in [0, 0.05) is 24.3 Å². The summed E-state index contributed by atoms with van der Waals surface area (Å²) in [7, 11) is 0. The fourth-order valence-corrected chi connectivity index (χ4v) is 2.60. The molecule has 0 radical (unpaired) electrons. The van der Waals surface area contributed by atoms with Crippen molar-refractivity contribution in [1.29, 1.82) is 0 Å². The summed E-state index contributed by atoms with van der Waals surface area (Å²) in [5, 5.41) is 2.72. The number of imide groups is 1. The van der Waals surface area contributed by atoms with Gasteiger partial charge in [-0.1, -0.05) is 18.2 Å². The molecular formula is C18H17N3O3. The van der Waals surface area contributed by atoms with Crippen LogP contribution in [0.2, 0.25) is 0 Å². The Kier molecular flexibility index (Phi) is 4.04. The lowest BCUT2D eigenvalue weighted by Crippen LogP contribution is -2.32. The van der Waals surface area contributed by atoms with Crippen molar-refractivity contribution in [1.82, 2.24) is 4.90 Å². The van der Waals surface area contributed by atoms with Crippen LogP contribution in [0, 0.1) is 6.92 Å². The van der Waals surface area contributed by atoms with Crippen molar-refractivity contribution in [2.45, 2.75) is 13.3 Å². The maximum Gasteiger partial charge on any atom is 0.261 e. The van der Waals surface area contributed by atoms with Crippen molar-refractivity contribution in [3.05, 3.63) is 59.2 Å². The Balaban J connectivity index is 1.62. The highest BCUT2D eigenvalue weighted by Gasteiger charge is 2.34. The summed E-state index contributed by atoms with van der Waals surface area (Å²) in [6.45, 7) is 1.92.